The van der Waals surface area contributed by atoms with Crippen LogP contribution < -0.4 is 5.73 Å². The second kappa shape index (κ2) is 3.49. The molecule has 1 aliphatic rings. The van der Waals surface area contributed by atoms with Crippen LogP contribution in [0.4, 0.5) is 0 Å². The van der Waals surface area contributed by atoms with Gasteiger partial charge in [0.15, 0.2) is 0 Å². The van der Waals surface area contributed by atoms with Gasteiger partial charge in [-0.3, -0.25) is 0 Å². The van der Waals surface area contributed by atoms with Crippen LogP contribution >= 0.6 is 0 Å². The molecule has 0 saturated heterocycles. The predicted octanol–water partition coefficient (Wildman–Crippen LogP) is -3.48. The van der Waals surface area contributed by atoms with Crippen LogP contribution in [0.1, 0.15) is 6.42 Å². The van der Waals surface area contributed by atoms with E-state index in [9.17, 15) is 20.4 Å². The average molecular weight is 193 g/mol. The Balaban J connectivity index is 2.82. The van der Waals surface area contributed by atoms with Gasteiger partial charge in [0.1, 0.15) is 17.8 Å². The highest BCUT2D eigenvalue weighted by atomic mass is 16.4. The van der Waals surface area contributed by atoms with E-state index in [4.69, 9.17) is 10.8 Å². The minimum absolute atomic E-state index is 0.150. The van der Waals surface area contributed by atoms with Crippen molar-refractivity contribution in [1.29, 1.82) is 0 Å². The Kier molecular flexibility index (Phi) is 2.91. The predicted molar refractivity (Wildman–Crippen MR) is 42.6 cm³/mol. The molecule has 78 valence electrons. The zero-order valence-corrected chi connectivity index (χ0v) is 7.04. The van der Waals surface area contributed by atoms with Gasteiger partial charge < -0.3 is 31.3 Å². The van der Waals surface area contributed by atoms with Gasteiger partial charge >= 0.3 is 0 Å². The highest BCUT2D eigenvalue weighted by Crippen LogP contribution is 2.28. The molecule has 0 aromatic rings. The van der Waals surface area contributed by atoms with Crippen molar-refractivity contribution in [1.82, 2.24) is 0 Å². The van der Waals surface area contributed by atoms with Crippen LogP contribution in [-0.4, -0.2) is 62.1 Å². The lowest BCUT2D eigenvalue weighted by Gasteiger charge is -2.43. The maximum atomic E-state index is 9.56. The number of aliphatic hydroxyl groups excluding tert-OH is 4. The first kappa shape index (κ1) is 10.8. The Labute approximate surface area is 75.2 Å². The fourth-order valence-electron chi connectivity index (χ4n) is 1.57. The first-order chi connectivity index (χ1) is 5.92. The van der Waals surface area contributed by atoms with E-state index in [1.165, 1.54) is 0 Å². The van der Waals surface area contributed by atoms with Crippen LogP contribution in [0, 0.1) is 0 Å². The zero-order valence-electron chi connectivity index (χ0n) is 7.04. The smallest absolute Gasteiger partial charge is 0.118 e. The van der Waals surface area contributed by atoms with E-state index in [0.717, 1.165) is 0 Å². The molecule has 0 aromatic carbocycles. The molecule has 0 aliphatic heterocycles. The van der Waals surface area contributed by atoms with Crippen LogP contribution in [0.2, 0.25) is 0 Å². The molecule has 1 fully saturated rings. The summed E-state index contributed by atoms with van der Waals surface area (Å²) < 4.78 is 0. The minimum Gasteiger partial charge on any atom is -0.393 e. The second-order valence-electron chi connectivity index (χ2n) is 3.56. The fraction of sp³-hybridized carbons (Fsp3) is 1.00. The molecule has 0 aromatic heterocycles. The molecular weight excluding hydrogens is 178 g/mol. The lowest BCUT2D eigenvalue weighted by molar-refractivity contribution is -0.203. The molecule has 0 radical (unpaired) electrons. The van der Waals surface area contributed by atoms with E-state index in [0.29, 0.717) is 0 Å². The summed E-state index contributed by atoms with van der Waals surface area (Å²) in [5.74, 6) is 0. The molecule has 5 atom stereocenters. The summed E-state index contributed by atoms with van der Waals surface area (Å²) in [6.07, 6.45) is -4.53. The Morgan fingerprint density at radius 1 is 1.23 bits per heavy atom. The molecule has 0 unspecified atom stereocenters. The van der Waals surface area contributed by atoms with Crippen LogP contribution in [0.15, 0.2) is 0 Å². The van der Waals surface area contributed by atoms with E-state index in [1.807, 2.05) is 0 Å². The standard InChI is InChI=1S/C7H15NO5/c8-3-1-7(13,2-9)6(12)5(11)4(3)10/h3-6,9-13H,1-2,8H2/t3-,4-,5-,6+,7+/m0/s1. The number of aliphatic hydroxyl groups is 5. The Hall–Kier alpha value is -0.240. The van der Waals surface area contributed by atoms with Gasteiger partial charge in [-0.1, -0.05) is 0 Å². The minimum atomic E-state index is -1.82. The third-order valence-electron chi connectivity index (χ3n) is 2.53. The maximum Gasteiger partial charge on any atom is 0.118 e. The first-order valence-electron chi connectivity index (χ1n) is 4.05. The molecule has 1 saturated carbocycles. The van der Waals surface area contributed by atoms with E-state index in [-0.39, 0.29) is 6.42 Å². The van der Waals surface area contributed by atoms with Gasteiger partial charge in [-0.2, -0.15) is 0 Å². The highest BCUT2D eigenvalue weighted by Gasteiger charge is 2.49. The summed E-state index contributed by atoms with van der Waals surface area (Å²) in [7, 11) is 0. The summed E-state index contributed by atoms with van der Waals surface area (Å²) in [6.45, 7) is -0.703. The van der Waals surface area contributed by atoms with Gasteiger partial charge in [-0.15, -0.1) is 0 Å². The van der Waals surface area contributed by atoms with E-state index >= 15 is 0 Å². The molecular formula is C7H15NO5. The third kappa shape index (κ3) is 1.69. The quantitative estimate of drug-likeness (QED) is 0.257. The molecule has 1 aliphatic carbocycles. The summed E-state index contributed by atoms with van der Waals surface area (Å²) in [5.41, 5.74) is 3.57. The van der Waals surface area contributed by atoms with Crippen molar-refractivity contribution in [2.45, 2.75) is 36.4 Å². The van der Waals surface area contributed by atoms with Gasteiger partial charge in [0.25, 0.3) is 0 Å². The molecule has 0 heterocycles. The maximum absolute atomic E-state index is 9.56. The van der Waals surface area contributed by atoms with Crippen LogP contribution in [0.5, 0.6) is 0 Å². The van der Waals surface area contributed by atoms with Gasteiger partial charge in [0.05, 0.1) is 12.7 Å². The topological polar surface area (TPSA) is 127 Å². The van der Waals surface area contributed by atoms with Gasteiger partial charge in [-0.25, -0.2) is 0 Å². The molecule has 6 nitrogen and oxygen atoms in total. The van der Waals surface area contributed by atoms with Crippen molar-refractivity contribution in [2.75, 3.05) is 6.61 Å². The largest absolute Gasteiger partial charge is 0.393 e. The van der Waals surface area contributed by atoms with E-state index < -0.39 is 36.6 Å². The molecule has 0 amide bonds. The zero-order chi connectivity index (χ0) is 10.2. The van der Waals surface area contributed by atoms with Gasteiger partial charge in [-0.05, 0) is 6.42 Å². The first-order valence-corrected chi connectivity index (χ1v) is 4.05. The lowest BCUT2D eigenvalue weighted by Crippen LogP contribution is -2.66. The number of hydrogen-bond acceptors (Lipinski definition) is 6. The molecule has 6 heteroatoms. The highest BCUT2D eigenvalue weighted by molar-refractivity contribution is 5.03. The van der Waals surface area contributed by atoms with Gasteiger partial charge in [0.2, 0.25) is 0 Å². The molecule has 0 spiro atoms. The van der Waals surface area contributed by atoms with E-state index in [2.05, 4.69) is 0 Å². The van der Waals surface area contributed by atoms with Crippen LogP contribution in [0.25, 0.3) is 0 Å². The Morgan fingerprint density at radius 2 is 1.77 bits per heavy atom. The summed E-state index contributed by atoms with van der Waals surface area (Å²) >= 11 is 0. The van der Waals surface area contributed by atoms with Crippen LogP contribution in [0.3, 0.4) is 0 Å². The number of hydrogen-bond donors (Lipinski definition) is 6. The van der Waals surface area contributed by atoms with Crippen molar-refractivity contribution in [3.8, 4) is 0 Å². The summed E-state index contributed by atoms with van der Waals surface area (Å²) in [5, 5.41) is 46.1. The number of nitrogens with two attached hydrogens (primary N) is 1. The fourth-order valence-corrected chi connectivity index (χ4v) is 1.57. The molecule has 13 heavy (non-hydrogen) atoms. The molecule has 1 rings (SSSR count). The molecule has 0 bridgehead atoms. The van der Waals surface area contributed by atoms with Gasteiger partial charge in [0, 0.05) is 6.04 Å². The van der Waals surface area contributed by atoms with E-state index in [1.54, 1.807) is 0 Å². The Morgan fingerprint density at radius 3 is 2.23 bits per heavy atom. The lowest BCUT2D eigenvalue weighted by atomic mass is 9.77. The van der Waals surface area contributed by atoms with Crippen LogP contribution in [-0.2, 0) is 0 Å². The third-order valence-corrected chi connectivity index (χ3v) is 2.53. The van der Waals surface area contributed by atoms with Crippen molar-refractivity contribution >= 4 is 0 Å². The number of rotatable bonds is 1. The van der Waals surface area contributed by atoms with Crippen molar-refractivity contribution in [3.05, 3.63) is 0 Å². The SMILES string of the molecule is N[C@H]1C[C@@](O)(CO)[C@H](O)[C@@H](O)[C@H]1O. The average Bonchev–Trinajstić information content (AvgIpc) is 2.12. The van der Waals surface area contributed by atoms with Crippen molar-refractivity contribution in [2.24, 2.45) is 5.73 Å². The second-order valence-corrected chi connectivity index (χ2v) is 3.56. The summed E-state index contributed by atoms with van der Waals surface area (Å²) in [6, 6.07) is -0.851. The monoisotopic (exact) mass is 193 g/mol. The normalized spacial score (nSPS) is 52.2. The Bertz CT molecular complexity index is 190. The molecule has 7 N–H and O–H groups in total. The van der Waals surface area contributed by atoms with Crippen molar-refractivity contribution < 1.29 is 25.5 Å². The van der Waals surface area contributed by atoms with Crippen molar-refractivity contribution in [3.63, 3.8) is 0 Å². The summed E-state index contributed by atoms with van der Waals surface area (Å²) in [4.78, 5) is 0.